The van der Waals surface area contributed by atoms with Gasteiger partial charge in [0.25, 0.3) is 0 Å². The van der Waals surface area contributed by atoms with Crippen molar-refractivity contribution < 1.29 is 4.79 Å². The highest BCUT2D eigenvalue weighted by molar-refractivity contribution is 9.10. The molecule has 6 heteroatoms. The summed E-state index contributed by atoms with van der Waals surface area (Å²) in [7, 11) is 0. The maximum absolute atomic E-state index is 11.9. The fourth-order valence-corrected chi connectivity index (χ4v) is 2.13. The number of amides is 2. The lowest BCUT2D eigenvalue weighted by atomic mass is 10.2. The zero-order chi connectivity index (χ0) is 14.7. The lowest BCUT2D eigenvalue weighted by Crippen LogP contribution is -2.19. The number of hydrogen-bond donors (Lipinski definition) is 2. The molecule has 0 aliphatic carbocycles. The lowest BCUT2D eigenvalue weighted by molar-refractivity contribution is 0.262. The topological polar surface area (TPSA) is 41.1 Å². The second-order valence-electron chi connectivity index (χ2n) is 4.17. The molecule has 0 bridgehead atoms. The number of hydrogen-bond acceptors (Lipinski definition) is 1. The summed E-state index contributed by atoms with van der Waals surface area (Å²) in [4.78, 5) is 11.9. The third kappa shape index (κ3) is 3.88. The Balaban J connectivity index is 2.04. The van der Waals surface area contributed by atoms with Crippen LogP contribution in [0.1, 0.15) is 5.56 Å². The molecule has 0 atom stereocenters. The minimum absolute atomic E-state index is 0.342. The predicted octanol–water partition coefficient (Wildman–Crippen LogP) is 5.71. The number of nitrogens with one attached hydrogen (secondary N) is 2. The van der Waals surface area contributed by atoms with Gasteiger partial charge in [0, 0.05) is 15.8 Å². The molecule has 3 nitrogen and oxygen atoms in total. The zero-order valence-electron chi connectivity index (χ0n) is 10.5. The molecule has 0 saturated carbocycles. The van der Waals surface area contributed by atoms with E-state index in [1.54, 1.807) is 18.2 Å². The van der Waals surface area contributed by atoms with Crippen LogP contribution in [0.3, 0.4) is 0 Å². The Morgan fingerprint density at radius 1 is 1.00 bits per heavy atom. The number of rotatable bonds is 2. The largest absolute Gasteiger partial charge is 0.323 e. The monoisotopic (exact) mass is 372 g/mol. The van der Waals surface area contributed by atoms with Gasteiger partial charge >= 0.3 is 6.03 Å². The van der Waals surface area contributed by atoms with Gasteiger partial charge in [-0.15, -0.1) is 0 Å². The third-order valence-electron chi connectivity index (χ3n) is 2.59. The van der Waals surface area contributed by atoms with E-state index in [0.717, 1.165) is 10.0 Å². The first-order chi connectivity index (χ1) is 9.45. The van der Waals surface area contributed by atoms with Gasteiger partial charge in [-0.1, -0.05) is 39.1 Å². The van der Waals surface area contributed by atoms with Crippen LogP contribution < -0.4 is 10.6 Å². The SMILES string of the molecule is Cc1cc(NC(=O)Nc2ccc(Cl)c(Cl)c2)ccc1Br. The molecule has 2 amide bonds. The number of carbonyl (C=O) groups is 1. The van der Waals surface area contributed by atoms with E-state index in [0.29, 0.717) is 21.4 Å². The summed E-state index contributed by atoms with van der Waals surface area (Å²) >= 11 is 15.1. The molecule has 0 radical (unpaired) electrons. The Morgan fingerprint density at radius 2 is 1.60 bits per heavy atom. The van der Waals surface area contributed by atoms with Gasteiger partial charge in [-0.2, -0.15) is 0 Å². The molecule has 2 aromatic rings. The standard InChI is InChI=1S/C14H11BrCl2N2O/c1-8-6-9(2-4-11(8)15)18-14(20)19-10-3-5-12(16)13(17)7-10/h2-7H,1H3,(H2,18,19,20). The van der Waals surface area contributed by atoms with Crippen LogP contribution in [0.4, 0.5) is 16.2 Å². The summed E-state index contributed by atoms with van der Waals surface area (Å²) < 4.78 is 0.993. The van der Waals surface area contributed by atoms with Gasteiger partial charge < -0.3 is 10.6 Å². The first-order valence-electron chi connectivity index (χ1n) is 5.75. The minimum atomic E-state index is -0.342. The molecular weight excluding hydrogens is 363 g/mol. The lowest BCUT2D eigenvalue weighted by Gasteiger charge is -2.09. The molecule has 2 aromatic carbocycles. The average Bonchev–Trinajstić information content (AvgIpc) is 2.38. The van der Waals surface area contributed by atoms with E-state index in [2.05, 4.69) is 26.6 Å². The van der Waals surface area contributed by atoms with E-state index in [1.165, 1.54) is 0 Å². The van der Waals surface area contributed by atoms with E-state index in [4.69, 9.17) is 23.2 Å². The molecule has 0 unspecified atom stereocenters. The van der Waals surface area contributed by atoms with Gasteiger partial charge in [0.1, 0.15) is 0 Å². The van der Waals surface area contributed by atoms with Crippen molar-refractivity contribution in [2.75, 3.05) is 10.6 Å². The maximum Gasteiger partial charge on any atom is 0.323 e. The Labute approximate surface area is 135 Å². The van der Waals surface area contributed by atoms with Crippen LogP contribution in [0.25, 0.3) is 0 Å². The molecule has 0 saturated heterocycles. The van der Waals surface area contributed by atoms with Gasteiger partial charge in [-0.25, -0.2) is 4.79 Å². The van der Waals surface area contributed by atoms with E-state index in [9.17, 15) is 4.79 Å². The van der Waals surface area contributed by atoms with Crippen molar-refractivity contribution in [3.05, 3.63) is 56.5 Å². The predicted molar refractivity (Wildman–Crippen MR) is 88.0 cm³/mol. The Morgan fingerprint density at radius 3 is 2.20 bits per heavy atom. The average molecular weight is 374 g/mol. The van der Waals surface area contributed by atoms with Crippen LogP contribution in [0, 0.1) is 6.92 Å². The van der Waals surface area contributed by atoms with Crippen molar-refractivity contribution >= 4 is 56.5 Å². The summed E-state index contributed by atoms with van der Waals surface area (Å²) in [6.07, 6.45) is 0. The molecule has 104 valence electrons. The van der Waals surface area contributed by atoms with Gasteiger partial charge in [-0.3, -0.25) is 0 Å². The molecule has 0 aliphatic heterocycles. The molecule has 0 aromatic heterocycles. The van der Waals surface area contributed by atoms with Crippen molar-refractivity contribution in [3.8, 4) is 0 Å². The van der Waals surface area contributed by atoms with Crippen LogP contribution >= 0.6 is 39.1 Å². The first-order valence-corrected chi connectivity index (χ1v) is 7.30. The van der Waals surface area contributed by atoms with Crippen LogP contribution in [0.15, 0.2) is 40.9 Å². The molecular formula is C14H11BrCl2N2O. The van der Waals surface area contributed by atoms with Crippen LogP contribution in [-0.4, -0.2) is 6.03 Å². The fraction of sp³-hybridized carbons (Fsp3) is 0.0714. The van der Waals surface area contributed by atoms with E-state index in [-0.39, 0.29) is 6.03 Å². The number of aryl methyl sites for hydroxylation is 1. The van der Waals surface area contributed by atoms with Crippen LogP contribution in [0.5, 0.6) is 0 Å². The number of benzene rings is 2. The van der Waals surface area contributed by atoms with Gasteiger partial charge in [0.2, 0.25) is 0 Å². The number of carbonyl (C=O) groups excluding carboxylic acids is 1. The van der Waals surface area contributed by atoms with E-state index in [1.807, 2.05) is 25.1 Å². The second-order valence-corrected chi connectivity index (χ2v) is 5.84. The summed E-state index contributed by atoms with van der Waals surface area (Å²) in [6, 6.07) is 10.1. The fourth-order valence-electron chi connectivity index (χ4n) is 1.59. The highest BCUT2D eigenvalue weighted by atomic mass is 79.9. The Hall–Kier alpha value is -1.23. The van der Waals surface area contributed by atoms with Gasteiger partial charge in [-0.05, 0) is 48.9 Å². The Bertz CT molecular complexity index is 606. The smallest absolute Gasteiger partial charge is 0.308 e. The normalized spacial score (nSPS) is 10.2. The minimum Gasteiger partial charge on any atom is -0.308 e. The number of halogens is 3. The molecule has 2 N–H and O–H groups in total. The van der Waals surface area contributed by atoms with Crippen molar-refractivity contribution in [1.82, 2.24) is 0 Å². The van der Waals surface area contributed by atoms with Crippen LogP contribution in [-0.2, 0) is 0 Å². The molecule has 0 aliphatic rings. The number of urea groups is 1. The van der Waals surface area contributed by atoms with Crippen molar-refractivity contribution in [2.45, 2.75) is 6.92 Å². The zero-order valence-corrected chi connectivity index (χ0v) is 13.6. The van der Waals surface area contributed by atoms with E-state index < -0.39 is 0 Å². The highest BCUT2D eigenvalue weighted by Gasteiger charge is 2.05. The molecule has 0 spiro atoms. The summed E-state index contributed by atoms with van der Waals surface area (Å²) in [5.41, 5.74) is 2.33. The van der Waals surface area contributed by atoms with E-state index >= 15 is 0 Å². The van der Waals surface area contributed by atoms with Crippen LogP contribution in [0.2, 0.25) is 10.0 Å². The van der Waals surface area contributed by atoms with Crippen molar-refractivity contribution in [3.63, 3.8) is 0 Å². The second kappa shape index (κ2) is 6.48. The molecule has 0 fully saturated rings. The summed E-state index contributed by atoms with van der Waals surface area (Å²) in [6.45, 7) is 1.95. The molecule has 2 rings (SSSR count). The van der Waals surface area contributed by atoms with Crippen molar-refractivity contribution in [2.24, 2.45) is 0 Å². The molecule has 20 heavy (non-hydrogen) atoms. The maximum atomic E-state index is 11.9. The summed E-state index contributed by atoms with van der Waals surface area (Å²) in [5.74, 6) is 0. The van der Waals surface area contributed by atoms with Gasteiger partial charge in [0.15, 0.2) is 0 Å². The quantitative estimate of drug-likeness (QED) is 0.695. The molecule has 0 heterocycles. The first kappa shape index (κ1) is 15.2. The Kier molecular flexibility index (Phi) is 4.91. The number of anilines is 2. The van der Waals surface area contributed by atoms with Gasteiger partial charge in [0.05, 0.1) is 10.0 Å². The highest BCUT2D eigenvalue weighted by Crippen LogP contribution is 2.25. The van der Waals surface area contributed by atoms with Crippen molar-refractivity contribution in [1.29, 1.82) is 0 Å². The summed E-state index contributed by atoms with van der Waals surface area (Å²) in [5, 5.41) is 6.27. The third-order valence-corrected chi connectivity index (χ3v) is 4.22.